The van der Waals surface area contributed by atoms with E-state index >= 15 is 4.39 Å². The number of pyridine rings is 1. The zero-order valence-electron chi connectivity index (χ0n) is 20.7. The first-order valence-electron chi connectivity index (χ1n) is 11.4. The molecule has 0 radical (unpaired) electrons. The predicted octanol–water partition coefficient (Wildman–Crippen LogP) is 1.60. The molecule has 0 spiro atoms. The summed E-state index contributed by atoms with van der Waals surface area (Å²) in [5.41, 5.74) is 2.76. The second-order valence-electron chi connectivity index (χ2n) is 8.55. The van der Waals surface area contributed by atoms with E-state index in [-0.39, 0.29) is 34.3 Å². The van der Waals surface area contributed by atoms with Crippen LogP contribution in [-0.2, 0) is 16.6 Å². The quantitative estimate of drug-likeness (QED) is 0.261. The second-order valence-corrected chi connectivity index (χ2v) is 10.4. The first-order valence-corrected chi connectivity index (χ1v) is 13.3. The van der Waals surface area contributed by atoms with Crippen LogP contribution in [0.4, 0.5) is 8.78 Å². The third-order valence-corrected chi connectivity index (χ3v) is 6.42. The average Bonchev–Trinajstić information content (AvgIpc) is 3.51. The fourth-order valence-electron chi connectivity index (χ4n) is 4.06. The van der Waals surface area contributed by atoms with Gasteiger partial charge in [0.15, 0.2) is 11.7 Å². The number of aliphatic imine (C=N–C) groups is 1. The molecule has 0 saturated carbocycles. The summed E-state index contributed by atoms with van der Waals surface area (Å²) in [5.74, 6) is -1.05. The van der Waals surface area contributed by atoms with E-state index in [9.17, 15) is 12.8 Å². The molecular weight excluding hydrogens is 528 g/mol. The van der Waals surface area contributed by atoms with E-state index in [4.69, 9.17) is 0 Å². The van der Waals surface area contributed by atoms with E-state index in [1.807, 2.05) is 0 Å². The number of hydrogen-bond donors (Lipinski definition) is 3. The predicted molar refractivity (Wildman–Crippen MR) is 142 cm³/mol. The lowest BCUT2D eigenvalue weighted by Gasteiger charge is -2.07. The fraction of sp³-hybridized carbons (Fsp3) is 0.120. The number of imidazole rings is 1. The van der Waals surface area contributed by atoms with Crippen LogP contribution in [-0.4, -0.2) is 62.6 Å². The maximum Gasteiger partial charge on any atom is 0.209 e. The van der Waals surface area contributed by atoms with Crippen molar-refractivity contribution in [3.8, 4) is 22.6 Å². The molecule has 3 N–H and O–H groups in total. The number of rotatable bonds is 7. The molecule has 39 heavy (non-hydrogen) atoms. The number of sulfonamides is 1. The zero-order valence-corrected chi connectivity index (χ0v) is 21.5. The number of H-pyrrole nitrogens is 2. The Morgan fingerprint density at radius 3 is 2.62 bits per heavy atom. The zero-order chi connectivity index (χ0) is 27.7. The maximum atomic E-state index is 15.9. The van der Waals surface area contributed by atoms with Crippen LogP contribution < -0.4 is 15.3 Å². The van der Waals surface area contributed by atoms with Crippen molar-refractivity contribution in [3.63, 3.8) is 0 Å². The van der Waals surface area contributed by atoms with Crippen LogP contribution in [0.25, 0.3) is 46.1 Å². The van der Waals surface area contributed by atoms with E-state index in [1.165, 1.54) is 50.3 Å². The van der Waals surface area contributed by atoms with Crippen LogP contribution >= 0.6 is 0 Å². The monoisotopic (exact) mass is 549 g/mol. The lowest BCUT2D eigenvalue weighted by Crippen LogP contribution is -2.27. The Balaban J connectivity index is 1.64. The summed E-state index contributed by atoms with van der Waals surface area (Å²) in [6.45, 7) is 3.77. The van der Waals surface area contributed by atoms with Gasteiger partial charge in [-0.3, -0.25) is 15.1 Å². The highest BCUT2D eigenvalue weighted by Gasteiger charge is 2.19. The van der Waals surface area contributed by atoms with Crippen molar-refractivity contribution in [2.45, 2.75) is 6.54 Å². The SMILES string of the molecule is C=c1[nH]nc(-c2nc3c(-c4cc(F)cc(CNS(C)(=O)=O)c4)cncc3[nH]2)/c1=C(\F)C(=NC)c1cncnc1. The molecule has 5 rings (SSSR count). The van der Waals surface area contributed by atoms with Gasteiger partial charge in [-0.1, -0.05) is 6.58 Å². The third kappa shape index (κ3) is 5.32. The van der Waals surface area contributed by atoms with Crippen LogP contribution in [0.5, 0.6) is 0 Å². The molecule has 11 nitrogen and oxygen atoms in total. The van der Waals surface area contributed by atoms with Gasteiger partial charge in [0.25, 0.3) is 0 Å². The standard InChI is InChI=1S/C25H21F2N9O2S/c1-13-20(21(27)22(28-2)16-8-30-12-31-9-16)24(36-35-13)25-33-19-11-29-10-18(23(19)34-25)15-4-14(5-17(26)6-15)7-32-39(3,37)38/h4-6,8-12,32,35H,1,7H2,2-3H3,(H,33,34)/b21-20-,28-22?. The van der Waals surface area contributed by atoms with Crippen molar-refractivity contribution in [1.29, 1.82) is 0 Å². The Hall–Kier alpha value is -4.69. The average molecular weight is 550 g/mol. The van der Waals surface area contributed by atoms with Crippen molar-refractivity contribution in [2.75, 3.05) is 13.3 Å². The van der Waals surface area contributed by atoms with E-state index in [1.54, 1.807) is 6.07 Å². The first kappa shape index (κ1) is 25.9. The van der Waals surface area contributed by atoms with Crippen molar-refractivity contribution < 1.29 is 17.2 Å². The van der Waals surface area contributed by atoms with Crippen LogP contribution in [0, 0.1) is 5.82 Å². The van der Waals surface area contributed by atoms with Crippen LogP contribution in [0.3, 0.4) is 0 Å². The smallest absolute Gasteiger partial charge is 0.209 e. The van der Waals surface area contributed by atoms with Gasteiger partial charge >= 0.3 is 0 Å². The summed E-state index contributed by atoms with van der Waals surface area (Å²) in [4.78, 5) is 23.9. The molecular formula is C25H21F2N9O2S. The lowest BCUT2D eigenvalue weighted by atomic mass is 10.0. The molecule has 1 aromatic carbocycles. The molecule has 0 saturated heterocycles. The number of halogens is 2. The topological polar surface area (TPSA) is 155 Å². The molecule has 0 aliphatic carbocycles. The molecule has 0 aliphatic heterocycles. The number of nitrogens with one attached hydrogen (secondary N) is 3. The molecule has 5 aromatic rings. The Labute approximate surface area is 220 Å². The number of fused-ring (bicyclic) bond motifs is 1. The molecule has 0 unspecified atom stereocenters. The van der Waals surface area contributed by atoms with Crippen LogP contribution in [0.1, 0.15) is 11.1 Å². The summed E-state index contributed by atoms with van der Waals surface area (Å²) in [6, 6.07) is 4.17. The highest BCUT2D eigenvalue weighted by atomic mass is 32.2. The third-order valence-electron chi connectivity index (χ3n) is 5.75. The largest absolute Gasteiger partial charge is 0.335 e. The van der Waals surface area contributed by atoms with Gasteiger partial charge in [0.05, 0.1) is 34.1 Å². The van der Waals surface area contributed by atoms with Crippen LogP contribution in [0.15, 0.2) is 54.3 Å². The minimum atomic E-state index is -3.47. The molecule has 0 bridgehead atoms. The molecule has 198 valence electrons. The Morgan fingerprint density at radius 1 is 1.13 bits per heavy atom. The molecule has 14 heteroatoms. The summed E-state index contributed by atoms with van der Waals surface area (Å²) in [7, 11) is -2.03. The minimum Gasteiger partial charge on any atom is -0.335 e. The summed E-state index contributed by atoms with van der Waals surface area (Å²) in [5, 5.41) is 7.16. The van der Waals surface area contributed by atoms with Gasteiger partial charge in [0, 0.05) is 43.3 Å². The first-order chi connectivity index (χ1) is 18.6. The highest BCUT2D eigenvalue weighted by molar-refractivity contribution is 7.88. The molecule has 0 atom stereocenters. The summed E-state index contributed by atoms with van der Waals surface area (Å²) in [6.07, 6.45) is 8.27. The van der Waals surface area contributed by atoms with Gasteiger partial charge in [0.1, 0.15) is 23.6 Å². The number of hydrogen-bond acceptors (Lipinski definition) is 8. The molecule has 0 aliphatic rings. The van der Waals surface area contributed by atoms with Crippen molar-refractivity contribution in [2.24, 2.45) is 4.99 Å². The molecule has 4 aromatic heterocycles. The lowest BCUT2D eigenvalue weighted by molar-refractivity contribution is 0.586. The number of aromatic nitrogens is 7. The van der Waals surface area contributed by atoms with Crippen LogP contribution in [0.2, 0.25) is 0 Å². The van der Waals surface area contributed by atoms with Gasteiger partial charge in [-0.25, -0.2) is 36.9 Å². The Morgan fingerprint density at radius 2 is 1.90 bits per heavy atom. The van der Waals surface area contributed by atoms with Crippen molar-refractivity contribution in [1.82, 2.24) is 39.8 Å². The number of aromatic amines is 2. The van der Waals surface area contributed by atoms with Gasteiger partial charge in [0.2, 0.25) is 10.0 Å². The number of benzene rings is 1. The van der Waals surface area contributed by atoms with Crippen molar-refractivity contribution >= 4 is 39.2 Å². The fourth-order valence-corrected chi connectivity index (χ4v) is 4.49. The van der Waals surface area contributed by atoms with Gasteiger partial charge in [-0.2, -0.15) is 5.10 Å². The van der Waals surface area contributed by atoms with Gasteiger partial charge in [-0.05, 0) is 29.3 Å². The second kappa shape index (κ2) is 10.2. The Kier molecular flexibility index (Phi) is 6.80. The van der Waals surface area contributed by atoms with Gasteiger partial charge in [-0.15, -0.1) is 0 Å². The normalized spacial score (nSPS) is 13.2. The number of nitrogens with zero attached hydrogens (tertiary/aromatic N) is 6. The van der Waals surface area contributed by atoms with Gasteiger partial charge < -0.3 is 4.98 Å². The molecule has 0 amide bonds. The van der Waals surface area contributed by atoms with E-state index in [0.29, 0.717) is 33.3 Å². The van der Waals surface area contributed by atoms with E-state index in [2.05, 4.69) is 51.4 Å². The summed E-state index contributed by atoms with van der Waals surface area (Å²) >= 11 is 0. The van der Waals surface area contributed by atoms with E-state index in [0.717, 1.165) is 6.26 Å². The highest BCUT2D eigenvalue weighted by Crippen LogP contribution is 2.29. The molecule has 0 fully saturated rings. The van der Waals surface area contributed by atoms with E-state index < -0.39 is 21.7 Å². The molecule has 4 heterocycles. The Bertz CT molecular complexity index is 1950. The maximum absolute atomic E-state index is 15.9. The minimum absolute atomic E-state index is 0.0107. The summed E-state index contributed by atoms with van der Waals surface area (Å²) < 4.78 is 55.7. The van der Waals surface area contributed by atoms with Crippen molar-refractivity contribution in [3.05, 3.63) is 76.8 Å².